The Labute approximate surface area is 364 Å². The lowest BCUT2D eigenvalue weighted by Crippen LogP contribution is -2.55. The van der Waals surface area contributed by atoms with Gasteiger partial charge in [-0.05, 0) is 89.9 Å². The number of carboxylic acid groups (broad SMARTS) is 1. The van der Waals surface area contributed by atoms with Gasteiger partial charge in [0.05, 0.1) is 40.3 Å². The Hall–Kier alpha value is -4.53. The Morgan fingerprint density at radius 2 is 0.883 bits per heavy atom. The largest absolute Gasteiger partial charge is 0.544 e. The van der Waals surface area contributed by atoms with Crippen LogP contribution in [0.15, 0.2) is 134 Å². The third-order valence-corrected chi connectivity index (χ3v) is 8.80. The van der Waals surface area contributed by atoms with Crippen molar-refractivity contribution in [1.82, 2.24) is 0 Å². The Balaban J connectivity index is 4.59. The predicted molar refractivity (Wildman–Crippen MR) is 249 cm³/mol. The van der Waals surface area contributed by atoms with Crippen molar-refractivity contribution >= 4 is 17.9 Å². The topological polar surface area (TPSA) is 102 Å². The molecule has 2 unspecified atom stereocenters. The Morgan fingerprint density at radius 3 is 1.27 bits per heavy atom. The summed E-state index contributed by atoms with van der Waals surface area (Å²) in [5.41, 5.74) is 0. The number of hydrogen-bond acceptors (Lipinski definition) is 7. The first-order valence-electron chi connectivity index (χ1n) is 22.2. The smallest absolute Gasteiger partial charge is 0.306 e. The van der Waals surface area contributed by atoms with Crippen LogP contribution in [0.25, 0.3) is 0 Å². The van der Waals surface area contributed by atoms with E-state index in [2.05, 4.69) is 135 Å². The van der Waals surface area contributed by atoms with Crippen LogP contribution in [-0.4, -0.2) is 75.5 Å². The minimum atomic E-state index is -1.15. The highest BCUT2D eigenvalue weighted by molar-refractivity contribution is 5.70. The van der Waals surface area contributed by atoms with E-state index < -0.39 is 30.1 Å². The molecule has 0 aromatic heterocycles. The van der Waals surface area contributed by atoms with Crippen LogP contribution in [0.5, 0.6) is 0 Å². The first-order chi connectivity index (χ1) is 29.1. The molecule has 0 heterocycles. The fraction of sp³-hybridized carbons (Fsp3) is 0.519. The van der Waals surface area contributed by atoms with E-state index in [4.69, 9.17) is 14.2 Å². The maximum Gasteiger partial charge on any atom is 0.306 e. The molecular weight excluding hydrogens is 751 g/mol. The number of carbonyl (C=O) groups excluding carboxylic acids is 3. The van der Waals surface area contributed by atoms with Crippen molar-refractivity contribution in [3.05, 3.63) is 134 Å². The zero-order valence-corrected chi connectivity index (χ0v) is 37.8. The Kier molecular flexibility index (Phi) is 38.1. The van der Waals surface area contributed by atoms with Gasteiger partial charge in [-0.2, -0.15) is 0 Å². The predicted octanol–water partition coefficient (Wildman–Crippen LogP) is 11.1. The third kappa shape index (κ3) is 39.0. The molecule has 0 bridgehead atoms. The zero-order chi connectivity index (χ0) is 44.2. The Morgan fingerprint density at radius 1 is 0.500 bits per heavy atom. The molecule has 0 saturated heterocycles. The number of esters is 2. The minimum Gasteiger partial charge on any atom is -0.544 e. The molecule has 60 heavy (non-hydrogen) atoms. The van der Waals surface area contributed by atoms with E-state index in [-0.39, 0.29) is 43.6 Å². The lowest BCUT2D eigenvalue weighted by atomic mass is 10.1. The maximum absolute atomic E-state index is 12.7. The molecular formula is C52H79NO7. The van der Waals surface area contributed by atoms with Crippen LogP contribution in [-0.2, 0) is 28.6 Å². The fourth-order valence-corrected chi connectivity index (χ4v) is 5.42. The van der Waals surface area contributed by atoms with Crippen molar-refractivity contribution in [2.45, 2.75) is 135 Å². The highest BCUT2D eigenvalue weighted by Gasteiger charge is 2.25. The number of unbranched alkanes of at least 4 members (excludes halogenated alkanes) is 1. The van der Waals surface area contributed by atoms with E-state index in [1.165, 1.54) is 0 Å². The summed E-state index contributed by atoms with van der Waals surface area (Å²) >= 11 is 0. The average molecular weight is 830 g/mol. The van der Waals surface area contributed by atoms with Gasteiger partial charge in [0.2, 0.25) is 0 Å². The molecule has 0 saturated carbocycles. The summed E-state index contributed by atoms with van der Waals surface area (Å²) in [6, 6.07) is -0.756. The molecule has 0 aliphatic heterocycles. The van der Waals surface area contributed by atoms with Gasteiger partial charge in [0.15, 0.2) is 6.10 Å². The van der Waals surface area contributed by atoms with Crippen LogP contribution in [0.2, 0.25) is 0 Å². The number of carbonyl (C=O) groups is 3. The first kappa shape index (κ1) is 55.5. The summed E-state index contributed by atoms with van der Waals surface area (Å²) < 4.78 is 17.0. The molecule has 2 atom stereocenters. The molecule has 0 amide bonds. The summed E-state index contributed by atoms with van der Waals surface area (Å²) in [6.45, 7) is 4.25. The van der Waals surface area contributed by atoms with Crippen molar-refractivity contribution in [2.75, 3.05) is 41.0 Å². The summed E-state index contributed by atoms with van der Waals surface area (Å²) in [5, 5.41) is 11.6. The van der Waals surface area contributed by atoms with Crippen LogP contribution < -0.4 is 5.11 Å². The normalized spacial score (nSPS) is 14.2. The molecule has 0 aromatic rings. The van der Waals surface area contributed by atoms with E-state index in [1.807, 2.05) is 12.2 Å². The van der Waals surface area contributed by atoms with Crippen LogP contribution in [0.1, 0.15) is 123 Å². The summed E-state index contributed by atoms with van der Waals surface area (Å²) in [4.78, 5) is 36.8. The number of likely N-dealkylation sites (N-methyl/N-ethyl adjacent to an activating group) is 1. The van der Waals surface area contributed by atoms with Crippen molar-refractivity contribution < 1.29 is 38.2 Å². The molecule has 0 aromatic carbocycles. The second-order valence-corrected chi connectivity index (χ2v) is 15.2. The number of quaternary nitrogens is 1. The average Bonchev–Trinajstić information content (AvgIpc) is 3.21. The molecule has 0 N–H and O–H groups in total. The summed E-state index contributed by atoms with van der Waals surface area (Å²) in [6.07, 6.45) is 59.3. The van der Waals surface area contributed by atoms with Gasteiger partial charge in [-0.25, -0.2) is 0 Å². The van der Waals surface area contributed by atoms with Gasteiger partial charge < -0.3 is 28.6 Å². The van der Waals surface area contributed by atoms with Gasteiger partial charge in [0, 0.05) is 19.3 Å². The van der Waals surface area contributed by atoms with Gasteiger partial charge in [-0.1, -0.05) is 148 Å². The van der Waals surface area contributed by atoms with E-state index in [1.54, 1.807) is 21.1 Å². The quantitative estimate of drug-likeness (QED) is 0.0266. The highest BCUT2D eigenvalue weighted by atomic mass is 16.6. The lowest BCUT2D eigenvalue weighted by molar-refractivity contribution is -0.889. The van der Waals surface area contributed by atoms with Crippen LogP contribution in [0, 0.1) is 0 Å². The molecule has 0 spiro atoms. The first-order valence-corrected chi connectivity index (χ1v) is 22.2. The van der Waals surface area contributed by atoms with Gasteiger partial charge in [0.1, 0.15) is 12.6 Å². The molecule has 8 heteroatoms. The van der Waals surface area contributed by atoms with E-state index in [9.17, 15) is 19.5 Å². The van der Waals surface area contributed by atoms with Crippen LogP contribution in [0.3, 0.4) is 0 Å². The number of aliphatic carboxylic acids is 1. The molecule has 0 fully saturated rings. The number of carboxylic acids is 1. The van der Waals surface area contributed by atoms with Crippen LogP contribution in [0.4, 0.5) is 0 Å². The zero-order valence-electron chi connectivity index (χ0n) is 37.8. The SMILES string of the molecule is CC/C=C/C/C=C/C/C=C/C/C=C/C/C=C/C/C=C/CCC(=O)OCC(COCCC(C(=O)[O-])[N+](C)(C)C)OC(=O)CCC/C=C/C/C=C/C/C=C/C/C=C/C/C=C/CC. The van der Waals surface area contributed by atoms with Gasteiger partial charge in [-0.15, -0.1) is 0 Å². The second-order valence-electron chi connectivity index (χ2n) is 15.2. The van der Waals surface area contributed by atoms with Crippen molar-refractivity contribution in [2.24, 2.45) is 0 Å². The number of allylic oxidation sites excluding steroid dienone is 22. The minimum absolute atomic E-state index is 0.0160. The standard InChI is InChI=1S/C52H79NO7/c1-6-8-10-12-14-16-18-20-22-24-25-27-28-30-32-34-36-38-40-42-50(54)59-47-48(46-58-45-44-49(52(56)57)53(3,4)5)60-51(55)43-41-39-37-35-33-31-29-26-23-21-19-17-15-13-11-9-7-2/h8-11,14-17,20-23,25,27,29-32,35-38,48-49H,6-7,12-13,18-19,24,26,28,33-34,39-47H2,1-5H3/b10-8+,11-9+,16-14+,17-15+,22-20+,23-21+,27-25+,31-29+,32-30+,37-35+,38-36+. The highest BCUT2D eigenvalue weighted by Crippen LogP contribution is 2.10. The molecule has 8 nitrogen and oxygen atoms in total. The third-order valence-electron chi connectivity index (χ3n) is 8.80. The number of nitrogens with zero attached hydrogens (tertiary/aromatic N) is 1. The number of ether oxygens (including phenoxy) is 3. The van der Waals surface area contributed by atoms with Crippen LogP contribution >= 0.6 is 0 Å². The molecule has 0 aliphatic carbocycles. The number of hydrogen-bond donors (Lipinski definition) is 0. The van der Waals surface area contributed by atoms with Crippen molar-refractivity contribution in [3.63, 3.8) is 0 Å². The van der Waals surface area contributed by atoms with Gasteiger partial charge >= 0.3 is 11.9 Å². The molecule has 0 rings (SSSR count). The lowest BCUT2D eigenvalue weighted by Gasteiger charge is -2.34. The van der Waals surface area contributed by atoms with E-state index in [0.29, 0.717) is 12.8 Å². The summed E-state index contributed by atoms with van der Waals surface area (Å²) in [7, 11) is 5.35. The second kappa shape index (κ2) is 41.2. The Bertz CT molecular complexity index is 1430. The summed E-state index contributed by atoms with van der Waals surface area (Å²) in [5.74, 6) is -1.94. The molecule has 334 valence electrons. The monoisotopic (exact) mass is 830 g/mol. The van der Waals surface area contributed by atoms with E-state index >= 15 is 0 Å². The van der Waals surface area contributed by atoms with Gasteiger partial charge in [-0.3, -0.25) is 9.59 Å². The van der Waals surface area contributed by atoms with E-state index in [0.717, 1.165) is 77.0 Å². The molecule has 0 radical (unpaired) electrons. The fourth-order valence-electron chi connectivity index (χ4n) is 5.42. The molecule has 0 aliphatic rings. The van der Waals surface area contributed by atoms with Gasteiger partial charge in [0.25, 0.3) is 0 Å². The maximum atomic E-state index is 12.7. The van der Waals surface area contributed by atoms with Crippen molar-refractivity contribution in [1.29, 1.82) is 0 Å². The number of rotatable bonds is 37. The van der Waals surface area contributed by atoms with Crippen molar-refractivity contribution in [3.8, 4) is 0 Å².